The molecule has 1 amide bonds. The molecule has 2 aliphatic carbocycles. The maximum absolute atomic E-state index is 15.8. The van der Waals surface area contributed by atoms with E-state index in [1.165, 1.54) is 18.6 Å². The molecule has 5 rings (SSSR count). The van der Waals surface area contributed by atoms with Crippen molar-refractivity contribution in [1.29, 1.82) is 0 Å². The van der Waals surface area contributed by atoms with Crippen LogP contribution in [-0.4, -0.2) is 26.8 Å². The van der Waals surface area contributed by atoms with Crippen LogP contribution in [0.5, 0.6) is 0 Å². The Morgan fingerprint density at radius 3 is 2.42 bits per heavy atom. The van der Waals surface area contributed by atoms with Crippen molar-refractivity contribution in [2.45, 2.75) is 83.1 Å². The number of benzene rings is 2. The van der Waals surface area contributed by atoms with E-state index in [0.717, 1.165) is 62.0 Å². The van der Waals surface area contributed by atoms with Crippen LogP contribution in [0.1, 0.15) is 80.8 Å². The van der Waals surface area contributed by atoms with Gasteiger partial charge in [-0.2, -0.15) is 5.10 Å². The molecule has 1 aromatic heterocycles. The number of aromatic nitrogens is 2. The highest BCUT2D eigenvalue weighted by Gasteiger charge is 2.47. The Labute approximate surface area is 227 Å². The van der Waals surface area contributed by atoms with Gasteiger partial charge in [0.05, 0.1) is 28.3 Å². The van der Waals surface area contributed by atoms with Gasteiger partial charge in [0, 0.05) is 18.4 Å². The van der Waals surface area contributed by atoms with Crippen LogP contribution in [0.3, 0.4) is 0 Å². The van der Waals surface area contributed by atoms with E-state index in [9.17, 15) is 9.59 Å². The number of fused-ring (bicyclic) bond motifs is 1. The number of halogens is 2. The predicted octanol–water partition coefficient (Wildman–Crippen LogP) is 6.77. The largest absolute Gasteiger partial charge is 0.481 e. The van der Waals surface area contributed by atoms with Gasteiger partial charge in [0.25, 0.3) is 0 Å². The SMILES string of the molecule is CC(=O)N(c1ccc(CCC(=O)O)cc1F)C1(c2c3c(nn2-c2ccc(Cl)cc2)CCCC3)CCCCC1. The van der Waals surface area contributed by atoms with Gasteiger partial charge >= 0.3 is 5.97 Å². The number of nitrogens with zero attached hydrogens (tertiary/aromatic N) is 3. The van der Waals surface area contributed by atoms with Crippen molar-refractivity contribution < 1.29 is 19.1 Å². The number of aryl methyl sites for hydroxylation is 2. The van der Waals surface area contributed by atoms with Crippen LogP contribution in [0.4, 0.5) is 10.1 Å². The van der Waals surface area contributed by atoms with Gasteiger partial charge in [-0.15, -0.1) is 0 Å². The lowest BCUT2D eigenvalue weighted by molar-refractivity contribution is -0.137. The van der Waals surface area contributed by atoms with Crippen molar-refractivity contribution in [2.24, 2.45) is 0 Å². The number of carboxylic acid groups (broad SMARTS) is 1. The van der Waals surface area contributed by atoms with E-state index in [2.05, 4.69) is 0 Å². The van der Waals surface area contributed by atoms with E-state index >= 15 is 4.39 Å². The van der Waals surface area contributed by atoms with Crippen molar-refractivity contribution in [1.82, 2.24) is 9.78 Å². The molecule has 0 bridgehead atoms. The summed E-state index contributed by atoms with van der Waals surface area (Å²) in [6.07, 6.45) is 8.34. The normalized spacial score (nSPS) is 16.6. The minimum Gasteiger partial charge on any atom is -0.481 e. The topological polar surface area (TPSA) is 75.4 Å². The van der Waals surface area contributed by atoms with E-state index < -0.39 is 17.3 Å². The maximum atomic E-state index is 15.8. The van der Waals surface area contributed by atoms with Crippen LogP contribution in [0, 0.1) is 5.82 Å². The Hall–Kier alpha value is -3.19. The molecule has 1 saturated carbocycles. The Kier molecular flexibility index (Phi) is 7.57. The van der Waals surface area contributed by atoms with E-state index in [0.29, 0.717) is 23.4 Å². The predicted molar refractivity (Wildman–Crippen MR) is 145 cm³/mol. The third kappa shape index (κ3) is 4.96. The number of hydrogen-bond acceptors (Lipinski definition) is 3. The van der Waals surface area contributed by atoms with Gasteiger partial charge in [-0.1, -0.05) is 36.9 Å². The zero-order chi connectivity index (χ0) is 26.9. The lowest BCUT2D eigenvalue weighted by Crippen LogP contribution is -2.52. The van der Waals surface area contributed by atoms with Crippen LogP contribution < -0.4 is 4.90 Å². The van der Waals surface area contributed by atoms with Crippen molar-refractivity contribution in [3.63, 3.8) is 0 Å². The summed E-state index contributed by atoms with van der Waals surface area (Å²) in [5.74, 6) is -1.67. The fraction of sp³-hybridized carbons (Fsp3) is 0.433. The van der Waals surface area contributed by atoms with Gasteiger partial charge in [-0.3, -0.25) is 14.5 Å². The molecule has 0 spiro atoms. The zero-order valence-electron chi connectivity index (χ0n) is 21.7. The van der Waals surface area contributed by atoms with Gasteiger partial charge in [0.2, 0.25) is 5.91 Å². The minimum atomic E-state index is -0.929. The van der Waals surface area contributed by atoms with Crippen LogP contribution in [-0.2, 0) is 34.4 Å². The first-order valence-corrected chi connectivity index (χ1v) is 13.9. The minimum absolute atomic E-state index is 0.0778. The number of carboxylic acids is 1. The number of carbonyl (C=O) groups excluding carboxylic acids is 1. The second-order valence-electron chi connectivity index (χ2n) is 10.5. The standard InChI is InChI=1S/C30H33ClFN3O3/c1-20(36)34(27-15-9-21(19-25(27)32)10-16-28(37)38)30(17-5-2-6-18-30)29-24-7-3-4-8-26(24)33-35(29)23-13-11-22(31)12-14-23/h9,11-15,19H,2-8,10,16-18H2,1H3,(H,37,38). The molecule has 200 valence electrons. The third-order valence-electron chi connectivity index (χ3n) is 7.97. The van der Waals surface area contributed by atoms with Gasteiger partial charge < -0.3 is 5.11 Å². The molecule has 0 radical (unpaired) electrons. The Balaban J connectivity index is 1.70. The number of aliphatic carboxylic acids is 1. The van der Waals surface area contributed by atoms with E-state index in [-0.39, 0.29) is 24.4 Å². The lowest BCUT2D eigenvalue weighted by atomic mass is 9.74. The highest BCUT2D eigenvalue weighted by atomic mass is 35.5. The first kappa shape index (κ1) is 26.4. The third-order valence-corrected chi connectivity index (χ3v) is 8.23. The molecule has 0 aliphatic heterocycles. The number of hydrogen-bond donors (Lipinski definition) is 1. The Bertz CT molecular complexity index is 1350. The Morgan fingerprint density at radius 2 is 1.76 bits per heavy atom. The van der Waals surface area contributed by atoms with Crippen molar-refractivity contribution in [3.05, 3.63) is 75.8 Å². The smallest absolute Gasteiger partial charge is 0.303 e. The van der Waals surface area contributed by atoms with E-state index in [4.69, 9.17) is 21.8 Å². The summed E-state index contributed by atoms with van der Waals surface area (Å²) in [5, 5.41) is 14.7. The zero-order valence-corrected chi connectivity index (χ0v) is 22.4. The second kappa shape index (κ2) is 10.9. The number of rotatable bonds is 7. The molecule has 0 saturated heterocycles. The van der Waals surface area contributed by atoms with Crippen molar-refractivity contribution in [2.75, 3.05) is 4.90 Å². The highest BCUT2D eigenvalue weighted by molar-refractivity contribution is 6.30. The van der Waals surface area contributed by atoms with E-state index in [1.54, 1.807) is 17.0 Å². The molecule has 6 nitrogen and oxygen atoms in total. The number of amides is 1. The van der Waals surface area contributed by atoms with Crippen LogP contribution >= 0.6 is 11.6 Å². The second-order valence-corrected chi connectivity index (χ2v) is 10.9. The first-order valence-electron chi connectivity index (χ1n) is 13.5. The molecule has 1 fully saturated rings. The maximum Gasteiger partial charge on any atom is 0.303 e. The summed E-state index contributed by atoms with van der Waals surface area (Å²) < 4.78 is 17.8. The highest BCUT2D eigenvalue weighted by Crippen LogP contribution is 2.48. The first-order chi connectivity index (χ1) is 18.3. The molecule has 8 heteroatoms. The van der Waals surface area contributed by atoms with Crippen LogP contribution in [0.25, 0.3) is 5.69 Å². The van der Waals surface area contributed by atoms with Gasteiger partial charge in [-0.05, 0) is 92.5 Å². The summed E-state index contributed by atoms with van der Waals surface area (Å²) in [6, 6.07) is 12.3. The fourth-order valence-electron chi connectivity index (χ4n) is 6.34. The van der Waals surface area contributed by atoms with Gasteiger partial charge in [0.1, 0.15) is 5.82 Å². The molecule has 2 aromatic carbocycles. The summed E-state index contributed by atoms with van der Waals surface area (Å²) in [5.41, 5.74) is 4.16. The summed E-state index contributed by atoms with van der Waals surface area (Å²) in [6.45, 7) is 1.50. The number of anilines is 1. The van der Waals surface area contributed by atoms with Crippen molar-refractivity contribution >= 4 is 29.2 Å². The molecule has 0 atom stereocenters. The fourth-order valence-corrected chi connectivity index (χ4v) is 6.47. The molecule has 38 heavy (non-hydrogen) atoms. The molecule has 0 unspecified atom stereocenters. The summed E-state index contributed by atoms with van der Waals surface area (Å²) >= 11 is 6.20. The average Bonchev–Trinajstić information content (AvgIpc) is 3.30. The number of carbonyl (C=O) groups is 2. The van der Waals surface area contributed by atoms with Crippen LogP contribution in [0.15, 0.2) is 42.5 Å². The van der Waals surface area contributed by atoms with Crippen molar-refractivity contribution in [3.8, 4) is 5.69 Å². The van der Waals surface area contributed by atoms with Gasteiger partial charge in [-0.25, -0.2) is 9.07 Å². The van der Waals surface area contributed by atoms with Crippen LogP contribution in [0.2, 0.25) is 5.02 Å². The molecule has 1 N–H and O–H groups in total. The molecule has 1 heterocycles. The molecule has 2 aliphatic rings. The monoisotopic (exact) mass is 537 g/mol. The van der Waals surface area contributed by atoms with E-state index in [1.807, 2.05) is 28.9 Å². The molecular formula is C30H33ClFN3O3. The molecule has 3 aromatic rings. The quantitative estimate of drug-likeness (QED) is 0.361. The van der Waals surface area contributed by atoms with Gasteiger partial charge in [0.15, 0.2) is 0 Å². The molecular weight excluding hydrogens is 505 g/mol. The lowest BCUT2D eigenvalue weighted by Gasteiger charge is -2.47. The average molecular weight is 538 g/mol. The Morgan fingerprint density at radius 1 is 1.05 bits per heavy atom. The summed E-state index contributed by atoms with van der Waals surface area (Å²) in [4.78, 5) is 26.2. The summed E-state index contributed by atoms with van der Waals surface area (Å²) in [7, 11) is 0.